The van der Waals surface area contributed by atoms with E-state index in [1.165, 1.54) is 0 Å². The molecule has 0 aliphatic carbocycles. The zero-order valence-electron chi connectivity index (χ0n) is 31.0. The van der Waals surface area contributed by atoms with Gasteiger partial charge in [-0.15, -0.1) is 0 Å². The third-order valence-electron chi connectivity index (χ3n) is 8.19. The molecule has 0 bridgehead atoms. The van der Waals surface area contributed by atoms with Gasteiger partial charge in [0.15, 0.2) is 0 Å². The molecule has 296 valence electrons. The third kappa shape index (κ3) is 15.0. The fourth-order valence-electron chi connectivity index (χ4n) is 5.73. The van der Waals surface area contributed by atoms with E-state index in [1.54, 1.807) is 0 Å². The molecule has 2 aromatic carbocycles. The van der Waals surface area contributed by atoms with Gasteiger partial charge in [0.1, 0.15) is 18.5 Å². The average Bonchev–Trinajstić information content (AvgIpc) is 3.48. The van der Waals surface area contributed by atoms with Crippen molar-refractivity contribution in [1.82, 2.24) is 16.2 Å². The van der Waals surface area contributed by atoms with Crippen LogP contribution in [0.3, 0.4) is 0 Å². The monoisotopic (exact) mass is 764 g/mol. The average molecular weight is 765 g/mol. The minimum atomic E-state index is -0.358. The molecule has 1 fully saturated rings. The number of benzene rings is 2. The molecule has 0 saturated carbocycles. The van der Waals surface area contributed by atoms with Crippen molar-refractivity contribution in [3.05, 3.63) is 58.6 Å². The zero-order valence-corrected chi connectivity index (χ0v) is 31.8. The molecule has 0 radical (unpaired) electrons. The molecule has 3 atom stereocenters. The minimum absolute atomic E-state index is 0.0376. The van der Waals surface area contributed by atoms with Gasteiger partial charge in [-0.1, -0.05) is 23.7 Å². The maximum Gasteiger partial charge on any atom is 0.222 e. The second-order valence-corrected chi connectivity index (χ2v) is 12.6. The van der Waals surface area contributed by atoms with Crippen LogP contribution in [0.5, 0.6) is 5.75 Å². The van der Waals surface area contributed by atoms with Crippen molar-refractivity contribution in [1.29, 1.82) is 0 Å². The van der Waals surface area contributed by atoms with Crippen molar-refractivity contribution < 1.29 is 42.7 Å². The van der Waals surface area contributed by atoms with Crippen LogP contribution in [0.1, 0.15) is 31.4 Å². The Hall–Kier alpha value is -2.93. The largest absolute Gasteiger partial charge is 0.491 e. The van der Waals surface area contributed by atoms with Crippen LogP contribution in [0.25, 0.3) is 0 Å². The van der Waals surface area contributed by atoms with Crippen molar-refractivity contribution in [2.24, 2.45) is 10.7 Å². The van der Waals surface area contributed by atoms with E-state index in [0.29, 0.717) is 123 Å². The lowest BCUT2D eigenvalue weighted by molar-refractivity contribution is -0.121. The molecule has 1 amide bonds. The van der Waals surface area contributed by atoms with Gasteiger partial charge in [-0.05, 0) is 44.2 Å². The first-order valence-corrected chi connectivity index (χ1v) is 18.8. The predicted octanol–water partition coefficient (Wildman–Crippen LogP) is 2.13. The smallest absolute Gasteiger partial charge is 0.222 e. The van der Waals surface area contributed by atoms with Crippen LogP contribution in [0, 0.1) is 0 Å². The summed E-state index contributed by atoms with van der Waals surface area (Å²) >= 11 is 6.24. The van der Waals surface area contributed by atoms with E-state index < -0.39 is 0 Å². The summed E-state index contributed by atoms with van der Waals surface area (Å²) in [6, 6.07) is 13.2. The molecule has 2 aliphatic heterocycles. The van der Waals surface area contributed by atoms with Crippen LogP contribution in [0.15, 0.2) is 47.5 Å². The summed E-state index contributed by atoms with van der Waals surface area (Å²) in [5.41, 5.74) is 15.6. The van der Waals surface area contributed by atoms with Crippen LogP contribution < -0.4 is 31.5 Å². The second kappa shape index (κ2) is 25.2. The summed E-state index contributed by atoms with van der Waals surface area (Å²) in [5, 5.41) is 3.55. The normalized spacial score (nSPS) is 18.0. The van der Waals surface area contributed by atoms with Crippen molar-refractivity contribution in [3.63, 3.8) is 0 Å². The number of amides is 1. The van der Waals surface area contributed by atoms with E-state index in [2.05, 4.69) is 28.0 Å². The number of rotatable bonds is 28. The number of ether oxygens (including phenoxy) is 8. The first kappa shape index (κ1) is 42.8. The Morgan fingerprint density at radius 1 is 0.774 bits per heavy atom. The number of nitrogens with two attached hydrogens (primary N) is 1. The number of hydrazine groups is 1. The number of halogens is 1. The Morgan fingerprint density at radius 2 is 1.30 bits per heavy atom. The zero-order chi connectivity index (χ0) is 37.5. The van der Waals surface area contributed by atoms with Crippen LogP contribution in [-0.4, -0.2) is 142 Å². The van der Waals surface area contributed by atoms with Crippen LogP contribution in [-0.2, 0) is 38.0 Å². The molecule has 2 aromatic rings. The highest BCUT2D eigenvalue weighted by atomic mass is 35.5. The number of fused-ring (bicyclic) bond motifs is 3. The molecule has 15 nitrogen and oxygen atoms in total. The molecule has 0 spiro atoms. The van der Waals surface area contributed by atoms with Gasteiger partial charge in [-0.25, -0.2) is 10.9 Å². The summed E-state index contributed by atoms with van der Waals surface area (Å²) in [6.45, 7) is 12.3. The topological polar surface area (TPSA) is 169 Å². The number of anilines is 1. The van der Waals surface area contributed by atoms with Gasteiger partial charge < -0.3 is 53.8 Å². The highest BCUT2D eigenvalue weighted by Crippen LogP contribution is 2.36. The van der Waals surface area contributed by atoms with E-state index >= 15 is 0 Å². The van der Waals surface area contributed by atoms with E-state index in [-0.39, 0.29) is 30.7 Å². The molecule has 5 N–H and O–H groups in total. The number of carbonyl (C=O) groups is 1. The van der Waals surface area contributed by atoms with Gasteiger partial charge in [0.2, 0.25) is 5.91 Å². The molecule has 1 saturated heterocycles. The summed E-state index contributed by atoms with van der Waals surface area (Å²) in [4.78, 5) is 20.2. The van der Waals surface area contributed by atoms with Crippen LogP contribution >= 0.6 is 11.6 Å². The van der Waals surface area contributed by atoms with Gasteiger partial charge >= 0.3 is 0 Å². The van der Waals surface area contributed by atoms with Crippen LogP contribution in [0.4, 0.5) is 5.69 Å². The predicted molar refractivity (Wildman–Crippen MR) is 203 cm³/mol. The molecule has 2 aliphatic rings. The lowest BCUT2D eigenvalue weighted by atomic mass is 9.99. The molecular formula is C37H57ClN6O9. The summed E-state index contributed by atoms with van der Waals surface area (Å²) < 4.78 is 44.6. The van der Waals surface area contributed by atoms with Gasteiger partial charge in [-0.2, -0.15) is 0 Å². The molecule has 53 heavy (non-hydrogen) atoms. The summed E-state index contributed by atoms with van der Waals surface area (Å²) in [7, 11) is 0. The fraction of sp³-hybridized carbons (Fsp3) is 0.622. The Labute approximate surface area is 318 Å². The maximum absolute atomic E-state index is 12.8. The summed E-state index contributed by atoms with van der Waals surface area (Å²) in [6.07, 6.45) is -0.0365. The number of nitrogens with one attached hydrogen (secondary N) is 3. The Bertz CT molecular complexity index is 1360. The fourth-order valence-corrected chi connectivity index (χ4v) is 5.86. The van der Waals surface area contributed by atoms with Crippen molar-refractivity contribution >= 4 is 28.9 Å². The number of aliphatic imine (C=N–C) groups is 1. The van der Waals surface area contributed by atoms with E-state index in [9.17, 15) is 4.79 Å². The maximum atomic E-state index is 12.8. The summed E-state index contributed by atoms with van der Waals surface area (Å²) in [5.74, 6) is 0.641. The standard InChI is InChI=1S/C37H57ClN6O9/c1-3-40-35(45)27-33-37-43-42-28(2)44(37)34-9-8-31(26-32(34)36(41-33)29-4-6-30(38)7-5-29)53-25-24-52-23-22-51-21-20-50-19-18-49-17-16-48-15-14-47-13-12-46-11-10-39/h4-9,26,28,33,37,42-43H,3,10-25,27,39H2,1-2H3,(H,40,45)/t28?,33-,37?/m0/s1. The lowest BCUT2D eigenvalue weighted by Crippen LogP contribution is -2.47. The van der Waals surface area contributed by atoms with E-state index in [1.807, 2.05) is 49.4 Å². The van der Waals surface area contributed by atoms with Gasteiger partial charge in [-0.3, -0.25) is 9.79 Å². The van der Waals surface area contributed by atoms with Gasteiger partial charge in [0.05, 0.1) is 117 Å². The SMILES string of the molecule is CCNC(=O)C[C@@H]1N=C(c2ccc(Cl)cc2)c2cc(OCCOCCOCCOCCOCCOCCOCCOCCN)ccc2N2C(C)NNC12. The third-order valence-corrected chi connectivity index (χ3v) is 8.45. The molecule has 16 heteroatoms. The number of nitrogens with zero attached hydrogens (tertiary/aromatic N) is 2. The number of hydrogen-bond acceptors (Lipinski definition) is 14. The Morgan fingerprint density at radius 3 is 1.83 bits per heavy atom. The Kier molecular flexibility index (Phi) is 20.4. The molecule has 2 heterocycles. The Balaban J connectivity index is 1.12. The van der Waals surface area contributed by atoms with Crippen LogP contribution in [0.2, 0.25) is 5.02 Å². The van der Waals surface area contributed by atoms with Crippen molar-refractivity contribution in [3.8, 4) is 5.75 Å². The second-order valence-electron chi connectivity index (χ2n) is 12.1. The quantitative estimate of drug-likeness (QED) is 0.0932. The van der Waals surface area contributed by atoms with E-state index in [0.717, 1.165) is 22.5 Å². The molecule has 2 unspecified atom stereocenters. The number of hydrogen-bond donors (Lipinski definition) is 4. The minimum Gasteiger partial charge on any atom is -0.491 e. The van der Waals surface area contributed by atoms with Gasteiger partial charge in [0, 0.05) is 34.9 Å². The molecular weight excluding hydrogens is 708 g/mol. The highest BCUT2D eigenvalue weighted by Gasteiger charge is 2.40. The first-order valence-electron chi connectivity index (χ1n) is 18.4. The number of carbonyl (C=O) groups excluding carboxylic acids is 1. The van der Waals surface area contributed by atoms with Gasteiger partial charge in [0.25, 0.3) is 0 Å². The first-order chi connectivity index (χ1) is 26.0. The highest BCUT2D eigenvalue weighted by molar-refractivity contribution is 6.30. The van der Waals surface area contributed by atoms with E-state index in [4.69, 9.17) is 60.2 Å². The van der Waals surface area contributed by atoms with Crippen molar-refractivity contribution in [2.45, 2.75) is 38.6 Å². The molecule has 4 rings (SSSR count). The van der Waals surface area contributed by atoms with Crippen molar-refractivity contribution in [2.75, 3.05) is 117 Å². The molecule has 0 aromatic heterocycles. The lowest BCUT2D eigenvalue weighted by Gasteiger charge is -2.31.